The van der Waals surface area contributed by atoms with E-state index in [0.717, 1.165) is 16.9 Å². The quantitative estimate of drug-likeness (QED) is 0.551. The first-order valence-electron chi connectivity index (χ1n) is 9.09. The van der Waals surface area contributed by atoms with Crippen LogP contribution in [-0.2, 0) is 6.54 Å². The summed E-state index contributed by atoms with van der Waals surface area (Å²) in [6, 6.07) is 22.6. The molecule has 0 aliphatic heterocycles. The number of ether oxygens (including phenoxy) is 1. The van der Waals surface area contributed by atoms with E-state index >= 15 is 0 Å². The summed E-state index contributed by atoms with van der Waals surface area (Å²) in [7, 11) is 1.61. The molecule has 0 radical (unpaired) electrons. The predicted octanol–water partition coefficient (Wildman–Crippen LogP) is 3.27. The van der Waals surface area contributed by atoms with Crippen molar-refractivity contribution in [2.45, 2.75) is 6.54 Å². The Morgan fingerprint density at radius 3 is 2.62 bits per heavy atom. The normalized spacial score (nSPS) is 10.5. The molecule has 0 aliphatic carbocycles. The van der Waals surface area contributed by atoms with Crippen molar-refractivity contribution >= 4 is 5.91 Å². The minimum absolute atomic E-state index is 0.0857. The number of hydrogen-bond donors (Lipinski definition) is 1. The molecule has 2 heterocycles. The van der Waals surface area contributed by atoms with Gasteiger partial charge in [-0.15, -0.1) is 5.10 Å². The van der Waals surface area contributed by atoms with Crippen LogP contribution in [0, 0.1) is 0 Å². The van der Waals surface area contributed by atoms with Crippen molar-refractivity contribution < 1.29 is 9.53 Å². The number of rotatable bonds is 6. The molecule has 7 nitrogen and oxygen atoms in total. The lowest BCUT2D eigenvalue weighted by Crippen LogP contribution is -2.24. The van der Waals surface area contributed by atoms with E-state index in [9.17, 15) is 4.79 Å². The Bertz CT molecular complexity index is 1110. The molecule has 2 aromatic carbocycles. The maximum atomic E-state index is 12.7. The average molecular weight is 385 g/mol. The Balaban J connectivity index is 1.68. The van der Waals surface area contributed by atoms with Gasteiger partial charge in [0.05, 0.1) is 25.0 Å². The van der Waals surface area contributed by atoms with Crippen LogP contribution in [0.2, 0.25) is 0 Å². The van der Waals surface area contributed by atoms with Crippen molar-refractivity contribution in [2.24, 2.45) is 0 Å². The summed E-state index contributed by atoms with van der Waals surface area (Å²) in [6.07, 6.45) is 1.69. The third-order valence-corrected chi connectivity index (χ3v) is 4.30. The molecule has 144 valence electrons. The minimum atomic E-state index is -0.366. The molecule has 2 aromatic heterocycles. The fraction of sp³-hybridized carbons (Fsp3) is 0.0909. The monoisotopic (exact) mass is 385 g/mol. The Morgan fingerprint density at radius 1 is 1.03 bits per heavy atom. The summed E-state index contributed by atoms with van der Waals surface area (Å²) in [6.45, 7) is 0.300. The SMILES string of the molecule is COc1cccc(-c2nc(C(=O)NCc3ccccn3)nn2-c2ccccc2)c1. The van der Waals surface area contributed by atoms with Crippen molar-refractivity contribution in [2.75, 3.05) is 7.11 Å². The molecule has 7 heteroatoms. The van der Waals surface area contributed by atoms with Gasteiger partial charge in [0.2, 0.25) is 5.82 Å². The number of nitrogens with zero attached hydrogens (tertiary/aromatic N) is 4. The molecule has 0 bridgehead atoms. The van der Waals surface area contributed by atoms with Gasteiger partial charge < -0.3 is 10.1 Å². The van der Waals surface area contributed by atoms with Gasteiger partial charge >= 0.3 is 0 Å². The lowest BCUT2D eigenvalue weighted by Gasteiger charge is -2.07. The molecule has 0 aliphatic rings. The lowest BCUT2D eigenvalue weighted by molar-refractivity contribution is 0.0940. The molecule has 4 aromatic rings. The largest absolute Gasteiger partial charge is 0.497 e. The van der Waals surface area contributed by atoms with E-state index in [1.54, 1.807) is 18.0 Å². The van der Waals surface area contributed by atoms with Gasteiger partial charge in [-0.05, 0) is 36.4 Å². The zero-order valence-electron chi connectivity index (χ0n) is 15.8. The Morgan fingerprint density at radius 2 is 1.86 bits per heavy atom. The maximum Gasteiger partial charge on any atom is 0.291 e. The summed E-state index contributed by atoms with van der Waals surface area (Å²) >= 11 is 0. The molecule has 1 amide bonds. The van der Waals surface area contributed by atoms with Crippen LogP contribution in [0.15, 0.2) is 79.0 Å². The van der Waals surface area contributed by atoms with Crippen LogP contribution in [0.4, 0.5) is 0 Å². The number of nitrogens with one attached hydrogen (secondary N) is 1. The zero-order chi connectivity index (χ0) is 20.1. The predicted molar refractivity (Wildman–Crippen MR) is 109 cm³/mol. The van der Waals surface area contributed by atoms with Gasteiger partial charge in [-0.2, -0.15) is 0 Å². The van der Waals surface area contributed by atoms with Crippen LogP contribution in [0.1, 0.15) is 16.3 Å². The van der Waals surface area contributed by atoms with Gasteiger partial charge in [-0.25, -0.2) is 9.67 Å². The highest BCUT2D eigenvalue weighted by atomic mass is 16.5. The number of benzene rings is 2. The van der Waals surface area contributed by atoms with Crippen LogP contribution >= 0.6 is 0 Å². The molecule has 0 saturated heterocycles. The smallest absolute Gasteiger partial charge is 0.291 e. The second-order valence-corrected chi connectivity index (χ2v) is 6.24. The van der Waals surface area contributed by atoms with Crippen LogP contribution in [0.25, 0.3) is 17.1 Å². The number of carbonyl (C=O) groups excluding carboxylic acids is 1. The first-order valence-corrected chi connectivity index (χ1v) is 9.09. The van der Waals surface area contributed by atoms with Gasteiger partial charge in [-0.1, -0.05) is 36.4 Å². The number of hydrogen-bond acceptors (Lipinski definition) is 5. The molecular formula is C22H19N5O2. The molecule has 0 fully saturated rings. The average Bonchev–Trinajstić information content (AvgIpc) is 3.24. The Kier molecular flexibility index (Phi) is 5.29. The number of amides is 1. The van der Waals surface area contributed by atoms with Crippen molar-refractivity contribution in [3.05, 3.63) is 90.5 Å². The topological polar surface area (TPSA) is 81.9 Å². The highest BCUT2D eigenvalue weighted by Gasteiger charge is 2.19. The first kappa shape index (κ1) is 18.4. The molecular weight excluding hydrogens is 366 g/mol. The van der Waals surface area contributed by atoms with E-state index < -0.39 is 0 Å². The van der Waals surface area contributed by atoms with Crippen LogP contribution in [0.5, 0.6) is 5.75 Å². The second kappa shape index (κ2) is 8.35. The van der Waals surface area contributed by atoms with Gasteiger partial charge in [0.25, 0.3) is 5.91 Å². The molecule has 1 N–H and O–H groups in total. The van der Waals surface area contributed by atoms with E-state index in [2.05, 4.69) is 20.4 Å². The van der Waals surface area contributed by atoms with Crippen molar-refractivity contribution in [3.8, 4) is 22.8 Å². The Labute approximate surface area is 168 Å². The number of para-hydroxylation sites is 1. The fourth-order valence-electron chi connectivity index (χ4n) is 2.86. The first-order chi connectivity index (χ1) is 14.2. The molecule has 29 heavy (non-hydrogen) atoms. The number of methoxy groups -OCH3 is 1. The van der Waals surface area contributed by atoms with Crippen molar-refractivity contribution in [1.29, 1.82) is 0 Å². The third-order valence-electron chi connectivity index (χ3n) is 4.30. The summed E-state index contributed by atoms with van der Waals surface area (Å²) in [5.74, 6) is 0.974. The highest BCUT2D eigenvalue weighted by Crippen LogP contribution is 2.24. The highest BCUT2D eigenvalue weighted by molar-refractivity contribution is 5.91. The van der Waals surface area contributed by atoms with Crippen molar-refractivity contribution in [3.63, 3.8) is 0 Å². The molecule has 0 saturated carbocycles. The lowest BCUT2D eigenvalue weighted by atomic mass is 10.2. The summed E-state index contributed by atoms with van der Waals surface area (Å²) < 4.78 is 6.98. The standard InChI is InChI=1S/C22H19N5O2/c1-29-19-12-7-8-16(14-19)21-25-20(26-27(21)18-10-3-2-4-11-18)22(28)24-15-17-9-5-6-13-23-17/h2-14H,15H2,1H3,(H,24,28). The maximum absolute atomic E-state index is 12.7. The van der Waals surface area contributed by atoms with Gasteiger partial charge in [0.15, 0.2) is 5.82 Å². The summed E-state index contributed by atoms with van der Waals surface area (Å²) in [5, 5.41) is 7.27. The Hall–Kier alpha value is -4.00. The van der Waals surface area contributed by atoms with Crippen LogP contribution in [0.3, 0.4) is 0 Å². The molecule has 0 atom stereocenters. The second-order valence-electron chi connectivity index (χ2n) is 6.24. The number of carbonyl (C=O) groups is 1. The number of pyridine rings is 1. The van der Waals surface area contributed by atoms with Crippen LogP contribution < -0.4 is 10.1 Å². The molecule has 0 unspecified atom stereocenters. The molecule has 4 rings (SSSR count). The van der Waals surface area contributed by atoms with E-state index in [1.165, 1.54) is 0 Å². The number of aromatic nitrogens is 4. The van der Waals surface area contributed by atoms with Gasteiger partial charge in [0.1, 0.15) is 5.75 Å². The summed E-state index contributed by atoms with van der Waals surface area (Å²) in [5.41, 5.74) is 2.36. The van der Waals surface area contributed by atoms with E-state index in [1.807, 2.05) is 72.8 Å². The van der Waals surface area contributed by atoms with Gasteiger partial charge in [-0.3, -0.25) is 9.78 Å². The fourth-order valence-corrected chi connectivity index (χ4v) is 2.86. The summed E-state index contributed by atoms with van der Waals surface area (Å²) in [4.78, 5) is 21.4. The van der Waals surface area contributed by atoms with E-state index in [0.29, 0.717) is 18.1 Å². The van der Waals surface area contributed by atoms with E-state index in [-0.39, 0.29) is 11.7 Å². The van der Waals surface area contributed by atoms with Crippen molar-refractivity contribution in [1.82, 2.24) is 25.1 Å². The molecule has 0 spiro atoms. The minimum Gasteiger partial charge on any atom is -0.497 e. The third kappa shape index (κ3) is 4.14. The van der Waals surface area contributed by atoms with Gasteiger partial charge in [0, 0.05) is 11.8 Å². The van der Waals surface area contributed by atoms with Crippen LogP contribution in [-0.4, -0.2) is 32.8 Å². The zero-order valence-corrected chi connectivity index (χ0v) is 15.8. The van der Waals surface area contributed by atoms with E-state index in [4.69, 9.17) is 4.74 Å².